The van der Waals surface area contributed by atoms with E-state index in [9.17, 15) is 14.7 Å². The quantitative estimate of drug-likeness (QED) is 0.158. The summed E-state index contributed by atoms with van der Waals surface area (Å²) in [6, 6.07) is 28.0. The Kier molecular flexibility index (Phi) is 13.9. The predicted molar refractivity (Wildman–Crippen MR) is 174 cm³/mol. The fraction of sp³-hybridized carbons (Fsp3) is 0.257. The Morgan fingerprint density at radius 3 is 1.49 bits per heavy atom. The molecule has 4 aromatic rings. The molecule has 4 aromatic carbocycles. The zero-order chi connectivity index (χ0) is 31.2. The minimum absolute atomic E-state index is 0.211. The molecule has 0 fully saturated rings. The summed E-state index contributed by atoms with van der Waals surface area (Å²) in [5.41, 5.74) is 4.60. The molecule has 0 saturated heterocycles. The Balaban J connectivity index is 0.000000236. The van der Waals surface area contributed by atoms with E-state index in [1.54, 1.807) is 6.07 Å². The van der Waals surface area contributed by atoms with Crippen LogP contribution < -0.4 is 18.4 Å². The number of methoxy groups -OCH3 is 1. The molecule has 0 aliphatic heterocycles. The van der Waals surface area contributed by atoms with Crippen molar-refractivity contribution in [2.75, 3.05) is 20.3 Å². The molecule has 1 N–H and O–H groups in total. The molecule has 0 atom stereocenters. The number of carbonyl (C=O) groups is 2. The Morgan fingerprint density at radius 2 is 1.09 bits per heavy atom. The molecule has 0 bridgehead atoms. The van der Waals surface area contributed by atoms with Gasteiger partial charge >= 0.3 is 268 Å². The first kappa shape index (κ1) is 34.0. The van der Waals surface area contributed by atoms with Crippen LogP contribution in [0.1, 0.15) is 56.8 Å². The monoisotopic (exact) mass is 714 g/mol. The summed E-state index contributed by atoms with van der Waals surface area (Å²) in [4.78, 5) is 23.6. The first-order valence-corrected chi connectivity index (χ1v) is 18.1. The number of benzene rings is 4. The summed E-state index contributed by atoms with van der Waals surface area (Å²) in [5, 5.41) is 11.0. The zero-order valence-corrected chi connectivity index (χ0v) is 28.6. The summed E-state index contributed by atoms with van der Waals surface area (Å²) >= 11 is 0.476. The van der Waals surface area contributed by atoms with Crippen LogP contribution >= 0.6 is 0 Å². The molecule has 0 unspecified atom stereocenters. The van der Waals surface area contributed by atoms with E-state index in [2.05, 4.69) is 24.3 Å². The van der Waals surface area contributed by atoms with Gasteiger partial charge in [-0.3, -0.25) is 0 Å². The van der Waals surface area contributed by atoms with E-state index in [-0.39, 0.29) is 35.9 Å². The molecular formula is C35H38O6Se2. The first-order valence-electron chi connectivity index (χ1n) is 14.0. The van der Waals surface area contributed by atoms with Crippen LogP contribution in [-0.2, 0) is 15.4 Å². The van der Waals surface area contributed by atoms with Gasteiger partial charge in [-0.15, -0.1) is 0 Å². The van der Waals surface area contributed by atoms with Crippen molar-refractivity contribution >= 4 is 50.8 Å². The topological polar surface area (TPSA) is 82.1 Å². The van der Waals surface area contributed by atoms with E-state index >= 15 is 0 Å². The third-order valence-electron chi connectivity index (χ3n) is 6.28. The van der Waals surface area contributed by atoms with Gasteiger partial charge in [-0.2, -0.15) is 0 Å². The molecule has 0 aliphatic carbocycles. The van der Waals surface area contributed by atoms with Gasteiger partial charge in [0.1, 0.15) is 0 Å². The van der Waals surface area contributed by atoms with Gasteiger partial charge in [0, 0.05) is 0 Å². The van der Waals surface area contributed by atoms with Crippen molar-refractivity contribution in [3.8, 4) is 11.5 Å². The number of aryl methyl sites for hydroxylation is 2. The van der Waals surface area contributed by atoms with E-state index < -0.39 is 5.97 Å². The van der Waals surface area contributed by atoms with Crippen molar-refractivity contribution in [2.45, 2.75) is 38.3 Å². The maximum atomic E-state index is 12.1. The molecule has 6 nitrogen and oxygen atoms in total. The third-order valence-corrected chi connectivity index (χ3v) is 10.7. The first-order chi connectivity index (χ1) is 20.8. The van der Waals surface area contributed by atoms with Crippen LogP contribution in [0.3, 0.4) is 0 Å². The summed E-state index contributed by atoms with van der Waals surface area (Å²) in [7, 11) is 1.42. The van der Waals surface area contributed by atoms with Crippen LogP contribution in [0.15, 0.2) is 84.9 Å². The molecule has 0 radical (unpaired) electrons. The van der Waals surface area contributed by atoms with Crippen LogP contribution in [0, 0.1) is 13.8 Å². The van der Waals surface area contributed by atoms with Crippen LogP contribution in [0.25, 0.3) is 0 Å². The van der Waals surface area contributed by atoms with Crippen molar-refractivity contribution in [3.05, 3.63) is 118 Å². The van der Waals surface area contributed by atoms with Gasteiger partial charge in [0.2, 0.25) is 0 Å². The van der Waals surface area contributed by atoms with Gasteiger partial charge in [-0.25, -0.2) is 0 Å². The molecule has 0 aliphatic rings. The van der Waals surface area contributed by atoms with Crippen molar-refractivity contribution in [1.29, 1.82) is 0 Å². The van der Waals surface area contributed by atoms with Crippen molar-refractivity contribution < 1.29 is 28.9 Å². The van der Waals surface area contributed by atoms with E-state index in [4.69, 9.17) is 14.2 Å². The average Bonchev–Trinajstić information content (AvgIpc) is 3.00. The Morgan fingerprint density at radius 1 is 0.674 bits per heavy atom. The number of rotatable bonds is 12. The van der Waals surface area contributed by atoms with Gasteiger partial charge in [0.25, 0.3) is 0 Å². The Labute approximate surface area is 267 Å². The van der Waals surface area contributed by atoms with Gasteiger partial charge in [-0.1, -0.05) is 0 Å². The number of ether oxygens (including phenoxy) is 3. The van der Waals surface area contributed by atoms with E-state index in [0.29, 0.717) is 24.3 Å². The molecule has 0 heterocycles. The van der Waals surface area contributed by atoms with Gasteiger partial charge < -0.3 is 0 Å². The number of hydrogen-bond acceptors (Lipinski definition) is 5. The molecule has 0 aromatic heterocycles. The van der Waals surface area contributed by atoms with Crippen LogP contribution in [0.2, 0.25) is 0 Å². The summed E-state index contributed by atoms with van der Waals surface area (Å²) in [5.74, 6) is 0.416. The van der Waals surface area contributed by atoms with Crippen LogP contribution in [-0.4, -0.2) is 67.3 Å². The van der Waals surface area contributed by atoms with Gasteiger partial charge in [0.05, 0.1) is 0 Å². The molecule has 4 rings (SSSR count). The summed E-state index contributed by atoms with van der Waals surface area (Å²) in [6.07, 6.45) is 0. The second-order valence-corrected chi connectivity index (χ2v) is 13.8. The Bertz CT molecular complexity index is 1490. The standard InChI is InChI=1S/C18H20O3Se.C17H18O3Se/c1-4-21-15-10-13(2)17(18(19)20-3)14(11-15)12-22-16-8-6-5-7-9-16;1-3-20-14-9-12(2)16(17(18)19)13(10-14)11-21-15-7-5-4-6-8-15/h5-11H,4,12H2,1-3H3;4-10H,3,11H2,1-2H3,(H,18,19). The number of carboxylic acid groups (broad SMARTS) is 1. The zero-order valence-electron chi connectivity index (χ0n) is 25.2. The summed E-state index contributed by atoms with van der Waals surface area (Å²) < 4.78 is 18.6. The number of aromatic carboxylic acids is 1. The molecule has 226 valence electrons. The summed E-state index contributed by atoms with van der Waals surface area (Å²) in [6.45, 7) is 8.82. The van der Waals surface area contributed by atoms with E-state index in [0.717, 1.165) is 44.4 Å². The third kappa shape index (κ3) is 10.3. The second-order valence-electron chi connectivity index (χ2n) is 9.41. The molecule has 8 heteroatoms. The number of carboxylic acids is 1. The normalized spacial score (nSPS) is 10.3. The van der Waals surface area contributed by atoms with Crippen LogP contribution in [0.4, 0.5) is 0 Å². The molecular weight excluding hydrogens is 674 g/mol. The Hall–Kier alpha value is -3.54. The molecule has 0 spiro atoms. The van der Waals surface area contributed by atoms with Crippen molar-refractivity contribution in [2.24, 2.45) is 0 Å². The fourth-order valence-corrected chi connectivity index (χ4v) is 8.21. The minimum atomic E-state index is -0.866. The SMILES string of the molecule is CCOc1cc(C)c(C(=O)O)c(C[Se]c2ccccc2)c1.CCOc1cc(C)c(C(=O)OC)c(C[Se]c2ccccc2)c1. The number of hydrogen-bond donors (Lipinski definition) is 1. The van der Waals surface area contributed by atoms with E-state index in [1.165, 1.54) is 16.0 Å². The van der Waals surface area contributed by atoms with Gasteiger partial charge in [-0.05, 0) is 0 Å². The van der Waals surface area contributed by atoms with Crippen LogP contribution in [0.5, 0.6) is 11.5 Å². The molecule has 0 saturated carbocycles. The van der Waals surface area contributed by atoms with Gasteiger partial charge in [0.15, 0.2) is 0 Å². The van der Waals surface area contributed by atoms with Crippen molar-refractivity contribution in [1.82, 2.24) is 0 Å². The molecule has 0 amide bonds. The average molecular weight is 713 g/mol. The predicted octanol–water partition coefficient (Wildman–Crippen LogP) is 5.33. The van der Waals surface area contributed by atoms with Crippen molar-refractivity contribution in [3.63, 3.8) is 0 Å². The number of esters is 1. The molecule has 43 heavy (non-hydrogen) atoms. The van der Waals surface area contributed by atoms with E-state index in [1.807, 2.05) is 82.3 Å². The number of carbonyl (C=O) groups excluding carboxylic acids is 1. The second kappa shape index (κ2) is 17.5. The fourth-order valence-electron chi connectivity index (χ4n) is 4.43. The maximum absolute atomic E-state index is 12.1.